The van der Waals surface area contributed by atoms with E-state index >= 15 is 0 Å². The first-order valence-electron chi connectivity index (χ1n) is 11.8. The summed E-state index contributed by atoms with van der Waals surface area (Å²) < 4.78 is 6.12. The first-order valence-corrected chi connectivity index (χ1v) is 11.8. The van der Waals surface area contributed by atoms with Crippen molar-refractivity contribution in [2.24, 2.45) is 11.7 Å². The number of carbonyl (C=O) groups excluding carboxylic acids is 1. The Morgan fingerprint density at radius 2 is 1.90 bits per heavy atom. The summed E-state index contributed by atoms with van der Waals surface area (Å²) in [4.78, 5) is 24.2. The number of carbonyl (C=O) groups is 1. The molecule has 0 aliphatic carbocycles. The Morgan fingerprint density at radius 1 is 1.16 bits per heavy atom. The van der Waals surface area contributed by atoms with Crippen LogP contribution in [0.15, 0.2) is 22.6 Å². The Labute approximate surface area is 184 Å². The van der Waals surface area contributed by atoms with E-state index in [1.54, 1.807) is 12.1 Å². The number of aromatic nitrogens is 1. The third-order valence-corrected chi connectivity index (χ3v) is 7.97. The minimum absolute atomic E-state index is 0.332. The monoisotopic (exact) mass is 425 g/mol. The molecule has 31 heavy (non-hydrogen) atoms. The zero-order valence-corrected chi connectivity index (χ0v) is 19.0. The van der Waals surface area contributed by atoms with E-state index in [2.05, 4.69) is 35.6 Å². The molecule has 0 radical (unpaired) electrons. The van der Waals surface area contributed by atoms with E-state index in [4.69, 9.17) is 15.1 Å². The molecule has 1 aromatic carbocycles. The SMILES string of the molecule is CC(C)[C@H]1CN(C2CC3CCCC(C2)N3C)CCN1c1nc2c(C(N)=O)cccc2o1. The molecule has 0 saturated carbocycles. The van der Waals surface area contributed by atoms with Crippen LogP contribution >= 0.6 is 0 Å². The van der Waals surface area contributed by atoms with Gasteiger partial charge in [0.15, 0.2) is 5.58 Å². The van der Waals surface area contributed by atoms with Gasteiger partial charge in [-0.15, -0.1) is 0 Å². The van der Waals surface area contributed by atoms with Gasteiger partial charge in [0.25, 0.3) is 11.9 Å². The van der Waals surface area contributed by atoms with E-state index < -0.39 is 5.91 Å². The van der Waals surface area contributed by atoms with Crippen molar-refractivity contribution >= 4 is 23.0 Å². The molecule has 2 N–H and O–H groups in total. The summed E-state index contributed by atoms with van der Waals surface area (Å²) >= 11 is 0. The summed E-state index contributed by atoms with van der Waals surface area (Å²) in [5, 5.41) is 0. The second-order valence-corrected chi connectivity index (χ2v) is 10.0. The van der Waals surface area contributed by atoms with Crippen LogP contribution in [0.25, 0.3) is 11.1 Å². The van der Waals surface area contributed by atoms with Gasteiger partial charge in [0.2, 0.25) is 0 Å². The number of para-hydroxylation sites is 1. The molecule has 2 aromatic rings. The largest absolute Gasteiger partial charge is 0.423 e. The summed E-state index contributed by atoms with van der Waals surface area (Å²) in [7, 11) is 2.33. The van der Waals surface area contributed by atoms with Crippen molar-refractivity contribution in [1.29, 1.82) is 0 Å². The highest BCUT2D eigenvalue weighted by Crippen LogP contribution is 2.36. The van der Waals surface area contributed by atoms with E-state index in [1.807, 2.05) is 6.07 Å². The first kappa shape index (κ1) is 20.8. The standard InChI is InChI=1S/C24H35N5O2/c1-15(2)20-14-28(18-12-16-6-4-7-17(13-18)27(16)3)10-11-29(20)24-26-22-19(23(25)30)8-5-9-21(22)31-24/h5,8-9,15-18,20H,4,6-7,10-14H2,1-3H3,(H2,25,30)/t16?,17?,18?,20-/m1/s1. The number of nitrogens with zero attached hydrogens (tertiary/aromatic N) is 4. The van der Waals surface area contributed by atoms with Crippen LogP contribution in [0.1, 0.15) is 56.3 Å². The fourth-order valence-electron chi connectivity index (χ4n) is 6.12. The van der Waals surface area contributed by atoms with Gasteiger partial charge < -0.3 is 20.0 Å². The van der Waals surface area contributed by atoms with Gasteiger partial charge in [-0.2, -0.15) is 4.98 Å². The van der Waals surface area contributed by atoms with Crippen LogP contribution in [-0.4, -0.2) is 71.5 Å². The van der Waals surface area contributed by atoms with E-state index in [-0.39, 0.29) is 0 Å². The molecule has 4 heterocycles. The van der Waals surface area contributed by atoms with Gasteiger partial charge in [-0.3, -0.25) is 9.69 Å². The predicted octanol–water partition coefficient (Wildman–Crippen LogP) is 3.09. The van der Waals surface area contributed by atoms with Crippen LogP contribution in [0.4, 0.5) is 6.01 Å². The second kappa shape index (κ2) is 8.10. The summed E-state index contributed by atoms with van der Waals surface area (Å²) in [6.45, 7) is 7.51. The van der Waals surface area contributed by atoms with Gasteiger partial charge >= 0.3 is 0 Å². The third-order valence-electron chi connectivity index (χ3n) is 7.97. The molecule has 2 unspecified atom stereocenters. The fraction of sp³-hybridized carbons (Fsp3) is 0.667. The summed E-state index contributed by atoms with van der Waals surface area (Å²) in [5.74, 6) is 0.00248. The van der Waals surface area contributed by atoms with Crippen molar-refractivity contribution in [3.05, 3.63) is 23.8 Å². The zero-order chi connectivity index (χ0) is 21.7. The average Bonchev–Trinajstić information content (AvgIpc) is 3.17. The molecule has 7 nitrogen and oxygen atoms in total. The van der Waals surface area contributed by atoms with Crippen LogP contribution in [0, 0.1) is 5.92 Å². The maximum absolute atomic E-state index is 11.8. The normalized spacial score (nSPS) is 30.3. The Bertz CT molecular complexity index is 943. The number of hydrogen-bond acceptors (Lipinski definition) is 6. The van der Waals surface area contributed by atoms with Crippen molar-refractivity contribution in [2.45, 2.75) is 70.1 Å². The van der Waals surface area contributed by atoms with E-state index in [9.17, 15) is 4.79 Å². The minimum Gasteiger partial charge on any atom is -0.423 e. The van der Waals surface area contributed by atoms with Gasteiger partial charge in [-0.05, 0) is 50.8 Å². The van der Waals surface area contributed by atoms with Gasteiger partial charge in [-0.1, -0.05) is 26.3 Å². The summed E-state index contributed by atoms with van der Waals surface area (Å²) in [6.07, 6.45) is 6.68. The Hall–Kier alpha value is -2.12. The smallest absolute Gasteiger partial charge is 0.298 e. The fourth-order valence-corrected chi connectivity index (χ4v) is 6.12. The van der Waals surface area contributed by atoms with Crippen molar-refractivity contribution in [3.8, 4) is 0 Å². The molecule has 2 bridgehead atoms. The Kier molecular flexibility index (Phi) is 5.42. The quantitative estimate of drug-likeness (QED) is 0.811. The topological polar surface area (TPSA) is 78.8 Å². The van der Waals surface area contributed by atoms with E-state index in [0.717, 1.165) is 31.7 Å². The average molecular weight is 426 g/mol. The lowest BCUT2D eigenvalue weighted by atomic mass is 9.81. The summed E-state index contributed by atoms with van der Waals surface area (Å²) in [5.41, 5.74) is 7.16. The van der Waals surface area contributed by atoms with Gasteiger partial charge in [-0.25, -0.2) is 0 Å². The molecule has 168 valence electrons. The maximum atomic E-state index is 11.8. The Balaban J connectivity index is 1.37. The molecule has 1 amide bonds. The highest BCUT2D eigenvalue weighted by molar-refractivity contribution is 6.03. The van der Waals surface area contributed by atoms with Gasteiger partial charge in [0, 0.05) is 43.8 Å². The lowest BCUT2D eigenvalue weighted by Gasteiger charge is -2.52. The second-order valence-electron chi connectivity index (χ2n) is 10.0. The lowest BCUT2D eigenvalue weighted by Crippen LogP contribution is -2.62. The van der Waals surface area contributed by atoms with Crippen LogP contribution in [0.3, 0.4) is 0 Å². The molecule has 3 fully saturated rings. The van der Waals surface area contributed by atoms with Gasteiger partial charge in [0.1, 0.15) is 5.52 Å². The molecule has 3 saturated heterocycles. The number of benzene rings is 1. The van der Waals surface area contributed by atoms with Crippen molar-refractivity contribution in [3.63, 3.8) is 0 Å². The molecule has 3 atom stereocenters. The van der Waals surface area contributed by atoms with Crippen LogP contribution in [0.2, 0.25) is 0 Å². The highest BCUT2D eigenvalue weighted by Gasteiger charge is 2.41. The Morgan fingerprint density at radius 3 is 2.58 bits per heavy atom. The van der Waals surface area contributed by atoms with Crippen molar-refractivity contribution in [1.82, 2.24) is 14.8 Å². The number of fused-ring (bicyclic) bond motifs is 3. The minimum atomic E-state index is -0.469. The van der Waals surface area contributed by atoms with Crippen molar-refractivity contribution in [2.75, 3.05) is 31.6 Å². The molecule has 1 aromatic heterocycles. The van der Waals surface area contributed by atoms with Crippen LogP contribution in [-0.2, 0) is 0 Å². The van der Waals surface area contributed by atoms with Crippen LogP contribution < -0.4 is 10.6 Å². The number of piperidine rings is 2. The number of amides is 1. The molecule has 3 aliphatic heterocycles. The number of oxazole rings is 1. The number of nitrogens with two attached hydrogens (primary N) is 1. The van der Waals surface area contributed by atoms with E-state index in [0.29, 0.717) is 40.7 Å². The van der Waals surface area contributed by atoms with Crippen molar-refractivity contribution < 1.29 is 9.21 Å². The molecular formula is C24H35N5O2. The molecular weight excluding hydrogens is 390 g/mol. The molecule has 0 spiro atoms. The zero-order valence-electron chi connectivity index (χ0n) is 19.0. The number of rotatable bonds is 4. The number of primary amides is 1. The molecule has 5 rings (SSSR count). The number of hydrogen-bond donors (Lipinski definition) is 1. The third kappa shape index (κ3) is 3.72. The summed E-state index contributed by atoms with van der Waals surface area (Å²) in [6, 6.07) is 8.49. The van der Waals surface area contributed by atoms with Gasteiger partial charge in [0.05, 0.1) is 5.56 Å². The predicted molar refractivity (Wildman–Crippen MR) is 122 cm³/mol. The number of piperazine rings is 1. The first-order chi connectivity index (χ1) is 14.9. The lowest BCUT2D eigenvalue weighted by molar-refractivity contribution is 0.00106. The molecule has 7 heteroatoms. The maximum Gasteiger partial charge on any atom is 0.298 e. The van der Waals surface area contributed by atoms with Crippen LogP contribution in [0.5, 0.6) is 0 Å². The number of anilines is 1. The van der Waals surface area contributed by atoms with E-state index in [1.165, 1.54) is 32.1 Å². The highest BCUT2D eigenvalue weighted by atomic mass is 16.4. The molecule has 3 aliphatic rings.